The van der Waals surface area contributed by atoms with Crippen molar-refractivity contribution in [2.24, 2.45) is 16.8 Å². The first-order valence-electron chi connectivity index (χ1n) is 4.32. The molecule has 62 valence electrons. The van der Waals surface area contributed by atoms with Crippen LogP contribution in [0.15, 0.2) is 17.1 Å². The van der Waals surface area contributed by atoms with Gasteiger partial charge < -0.3 is 0 Å². The van der Waals surface area contributed by atoms with Crippen LogP contribution in [0.3, 0.4) is 0 Å². The monoisotopic (exact) mass is 151 g/mol. The van der Waals surface area contributed by atoms with E-state index in [1.165, 1.54) is 24.1 Å². The molecule has 1 heteroatoms. The number of allylic oxidation sites excluding steroid dienone is 1. The fourth-order valence-electron chi connectivity index (χ4n) is 1.24. The maximum atomic E-state index is 4.29. The number of hydrogen-bond acceptors (Lipinski definition) is 1. The molecule has 0 aromatic rings. The van der Waals surface area contributed by atoms with Crippen LogP contribution in [0, 0.1) is 11.8 Å². The molecule has 11 heavy (non-hydrogen) atoms. The average Bonchev–Trinajstić information content (AvgIpc) is 2.72. The van der Waals surface area contributed by atoms with Gasteiger partial charge in [-0.15, -0.1) is 0 Å². The second kappa shape index (κ2) is 3.21. The summed E-state index contributed by atoms with van der Waals surface area (Å²) in [4.78, 5) is 4.29. The Labute approximate surface area is 69.2 Å². The lowest BCUT2D eigenvalue weighted by atomic mass is 9.97. The zero-order valence-corrected chi connectivity index (χ0v) is 7.72. The van der Waals surface area contributed by atoms with Crippen LogP contribution in [0.5, 0.6) is 0 Å². The van der Waals surface area contributed by atoms with Crippen LogP contribution < -0.4 is 0 Å². The van der Waals surface area contributed by atoms with E-state index in [0.29, 0.717) is 5.92 Å². The molecule has 0 unspecified atom stereocenters. The molecule has 1 rings (SSSR count). The first-order chi connectivity index (χ1) is 5.16. The second-order valence-electron chi connectivity index (χ2n) is 3.56. The Morgan fingerprint density at radius 3 is 2.27 bits per heavy atom. The smallest absolute Gasteiger partial charge is 0.0404 e. The largest absolute Gasteiger partial charge is 0.293 e. The molecule has 0 radical (unpaired) electrons. The van der Waals surface area contributed by atoms with Crippen molar-refractivity contribution in [2.75, 3.05) is 7.05 Å². The van der Waals surface area contributed by atoms with Crippen molar-refractivity contribution >= 4 is 5.71 Å². The molecular formula is C10H17N. The molecular weight excluding hydrogens is 134 g/mol. The van der Waals surface area contributed by atoms with Crippen LogP contribution in [0.2, 0.25) is 0 Å². The lowest BCUT2D eigenvalue weighted by Gasteiger charge is -2.10. The molecule has 0 spiro atoms. The Balaban J connectivity index is 2.62. The third kappa shape index (κ3) is 1.92. The molecule has 0 amide bonds. The van der Waals surface area contributed by atoms with Gasteiger partial charge in [-0.3, -0.25) is 4.99 Å². The van der Waals surface area contributed by atoms with Crippen LogP contribution in [-0.4, -0.2) is 12.8 Å². The molecule has 0 N–H and O–H groups in total. The van der Waals surface area contributed by atoms with Gasteiger partial charge in [0.2, 0.25) is 0 Å². The predicted molar refractivity (Wildman–Crippen MR) is 50.1 cm³/mol. The Bertz CT molecular complexity index is 185. The summed E-state index contributed by atoms with van der Waals surface area (Å²) >= 11 is 0. The molecule has 1 aliphatic rings. The van der Waals surface area contributed by atoms with Gasteiger partial charge in [-0.05, 0) is 24.3 Å². The van der Waals surface area contributed by atoms with E-state index in [9.17, 15) is 0 Å². The quantitative estimate of drug-likeness (QED) is 0.550. The number of rotatable bonds is 3. The van der Waals surface area contributed by atoms with Gasteiger partial charge >= 0.3 is 0 Å². The van der Waals surface area contributed by atoms with Crippen molar-refractivity contribution in [3.63, 3.8) is 0 Å². The van der Waals surface area contributed by atoms with Crippen molar-refractivity contribution in [1.29, 1.82) is 0 Å². The van der Waals surface area contributed by atoms with Crippen LogP contribution in [0.25, 0.3) is 0 Å². The van der Waals surface area contributed by atoms with Gasteiger partial charge in [0.05, 0.1) is 0 Å². The summed E-state index contributed by atoms with van der Waals surface area (Å²) in [5.41, 5.74) is 2.50. The second-order valence-corrected chi connectivity index (χ2v) is 3.56. The lowest BCUT2D eigenvalue weighted by molar-refractivity contribution is 0.798. The molecule has 0 saturated heterocycles. The van der Waals surface area contributed by atoms with Crippen LogP contribution in [0.4, 0.5) is 0 Å². The SMILES string of the molecule is C=C(C(=NC)C1CC1)C(C)C. The fraction of sp³-hybridized carbons (Fsp3) is 0.700. The summed E-state index contributed by atoms with van der Waals surface area (Å²) in [6.45, 7) is 8.41. The summed E-state index contributed by atoms with van der Waals surface area (Å²) in [5.74, 6) is 1.30. The van der Waals surface area contributed by atoms with E-state index in [2.05, 4.69) is 25.4 Å². The molecule has 0 atom stereocenters. The number of hydrogen-bond donors (Lipinski definition) is 0. The van der Waals surface area contributed by atoms with Gasteiger partial charge in [-0.2, -0.15) is 0 Å². The van der Waals surface area contributed by atoms with Gasteiger partial charge in [-0.1, -0.05) is 20.4 Å². The molecule has 1 nitrogen and oxygen atoms in total. The van der Waals surface area contributed by atoms with Crippen molar-refractivity contribution in [1.82, 2.24) is 0 Å². The van der Waals surface area contributed by atoms with E-state index in [1.807, 2.05) is 7.05 Å². The third-order valence-corrected chi connectivity index (χ3v) is 2.23. The maximum Gasteiger partial charge on any atom is 0.0404 e. The Kier molecular flexibility index (Phi) is 2.48. The molecule has 0 heterocycles. The summed E-state index contributed by atoms with van der Waals surface area (Å²) in [6, 6.07) is 0. The normalized spacial score (nSPS) is 19.1. The third-order valence-electron chi connectivity index (χ3n) is 2.23. The number of nitrogens with zero attached hydrogens (tertiary/aromatic N) is 1. The Hall–Kier alpha value is -0.590. The predicted octanol–water partition coefficient (Wildman–Crippen LogP) is 2.68. The van der Waals surface area contributed by atoms with Crippen molar-refractivity contribution < 1.29 is 0 Å². The van der Waals surface area contributed by atoms with Crippen molar-refractivity contribution in [3.8, 4) is 0 Å². The van der Waals surface area contributed by atoms with Crippen LogP contribution in [-0.2, 0) is 0 Å². The Morgan fingerprint density at radius 2 is 2.00 bits per heavy atom. The van der Waals surface area contributed by atoms with Gasteiger partial charge in [0.1, 0.15) is 0 Å². The molecule has 1 saturated carbocycles. The highest BCUT2D eigenvalue weighted by Gasteiger charge is 2.29. The molecule has 0 bridgehead atoms. The summed E-state index contributed by atoms with van der Waals surface area (Å²) in [6.07, 6.45) is 2.64. The minimum absolute atomic E-state index is 0.550. The van der Waals surface area contributed by atoms with Crippen LogP contribution in [0.1, 0.15) is 26.7 Å². The highest BCUT2D eigenvalue weighted by molar-refractivity contribution is 6.02. The number of aliphatic imine (C=N–C) groups is 1. The van der Waals surface area contributed by atoms with E-state index >= 15 is 0 Å². The van der Waals surface area contributed by atoms with E-state index < -0.39 is 0 Å². The van der Waals surface area contributed by atoms with E-state index in [-0.39, 0.29) is 0 Å². The molecule has 0 aromatic carbocycles. The maximum absolute atomic E-state index is 4.29. The first-order valence-corrected chi connectivity index (χ1v) is 4.32. The zero-order chi connectivity index (χ0) is 8.43. The molecule has 1 fully saturated rings. The van der Waals surface area contributed by atoms with Crippen LogP contribution >= 0.6 is 0 Å². The van der Waals surface area contributed by atoms with Gasteiger partial charge in [0, 0.05) is 18.7 Å². The van der Waals surface area contributed by atoms with E-state index in [1.54, 1.807) is 0 Å². The summed E-state index contributed by atoms with van der Waals surface area (Å²) in [5, 5.41) is 0. The highest BCUT2D eigenvalue weighted by atomic mass is 14.7. The minimum Gasteiger partial charge on any atom is -0.293 e. The minimum atomic E-state index is 0.550. The lowest BCUT2D eigenvalue weighted by Crippen LogP contribution is -2.09. The topological polar surface area (TPSA) is 12.4 Å². The first kappa shape index (κ1) is 8.51. The highest BCUT2D eigenvalue weighted by Crippen LogP contribution is 2.34. The molecule has 1 aliphatic carbocycles. The average molecular weight is 151 g/mol. The standard InChI is InChI=1S/C10H17N/c1-7(2)8(3)10(11-4)9-5-6-9/h7,9H,3,5-6H2,1-2,4H3. The van der Waals surface area contributed by atoms with Crippen molar-refractivity contribution in [3.05, 3.63) is 12.2 Å². The fourth-order valence-corrected chi connectivity index (χ4v) is 1.24. The summed E-state index contributed by atoms with van der Waals surface area (Å²) < 4.78 is 0. The molecule has 0 aromatic heterocycles. The van der Waals surface area contributed by atoms with Gasteiger partial charge in [0.25, 0.3) is 0 Å². The Morgan fingerprint density at radius 1 is 1.45 bits per heavy atom. The van der Waals surface area contributed by atoms with Crippen molar-refractivity contribution in [2.45, 2.75) is 26.7 Å². The van der Waals surface area contributed by atoms with E-state index in [4.69, 9.17) is 0 Å². The van der Waals surface area contributed by atoms with E-state index in [0.717, 1.165) is 5.92 Å². The summed E-state index contributed by atoms with van der Waals surface area (Å²) in [7, 11) is 1.88. The molecule has 0 aliphatic heterocycles. The van der Waals surface area contributed by atoms with Gasteiger partial charge in [0.15, 0.2) is 0 Å². The zero-order valence-electron chi connectivity index (χ0n) is 7.72. The van der Waals surface area contributed by atoms with Gasteiger partial charge in [-0.25, -0.2) is 0 Å².